The highest BCUT2D eigenvalue weighted by Crippen LogP contribution is 1.94. The van der Waals surface area contributed by atoms with E-state index in [1.165, 1.54) is 7.11 Å². The third-order valence-electron chi connectivity index (χ3n) is 1.25. The number of ether oxygens (including phenoxy) is 1. The van der Waals surface area contributed by atoms with Crippen LogP contribution in [0.2, 0.25) is 0 Å². The van der Waals surface area contributed by atoms with Gasteiger partial charge in [0, 0.05) is 6.42 Å². The molecule has 6 heteroatoms. The minimum atomic E-state index is -0.755. The zero-order valence-corrected chi connectivity index (χ0v) is 7.60. The Morgan fingerprint density at radius 2 is 2.00 bits per heavy atom. The molecule has 1 unspecified atom stereocenters. The maximum absolute atomic E-state index is 10.5. The molecule has 1 atom stereocenters. The highest BCUT2D eigenvalue weighted by molar-refractivity contribution is 5.85. The van der Waals surface area contributed by atoms with Crippen LogP contribution in [0.15, 0.2) is 0 Å². The first-order valence-corrected chi connectivity index (χ1v) is 3.19. The van der Waals surface area contributed by atoms with Crippen LogP contribution < -0.4 is 11.5 Å². The van der Waals surface area contributed by atoms with Crippen molar-refractivity contribution in [1.29, 1.82) is 0 Å². The Balaban J connectivity index is 0. The molecule has 0 aliphatic carbocycles. The van der Waals surface area contributed by atoms with Crippen molar-refractivity contribution in [3.8, 4) is 0 Å². The maximum atomic E-state index is 10.5. The van der Waals surface area contributed by atoms with E-state index in [9.17, 15) is 9.59 Å². The molecule has 5 nitrogen and oxygen atoms in total. The molecule has 0 bridgehead atoms. The van der Waals surface area contributed by atoms with Crippen LogP contribution in [0.5, 0.6) is 0 Å². The Kier molecular flexibility index (Phi) is 7.88. The summed E-state index contributed by atoms with van der Waals surface area (Å²) in [7, 11) is 1.28. The van der Waals surface area contributed by atoms with E-state index >= 15 is 0 Å². The highest BCUT2D eigenvalue weighted by atomic mass is 35.5. The van der Waals surface area contributed by atoms with E-state index in [1.807, 2.05) is 0 Å². The van der Waals surface area contributed by atoms with Crippen LogP contribution in [0.25, 0.3) is 0 Å². The van der Waals surface area contributed by atoms with E-state index in [1.54, 1.807) is 0 Å². The Hall–Kier alpha value is -0.810. The number of primary amides is 1. The van der Waals surface area contributed by atoms with Crippen molar-refractivity contribution in [2.45, 2.75) is 18.9 Å². The van der Waals surface area contributed by atoms with Crippen molar-refractivity contribution in [3.05, 3.63) is 0 Å². The Morgan fingerprint density at radius 3 is 2.33 bits per heavy atom. The number of nitrogens with two attached hydrogens (primary N) is 2. The van der Waals surface area contributed by atoms with E-state index in [2.05, 4.69) is 4.74 Å². The largest absolute Gasteiger partial charge is 0.469 e. The molecule has 0 saturated carbocycles. The van der Waals surface area contributed by atoms with Gasteiger partial charge in [-0.2, -0.15) is 0 Å². The van der Waals surface area contributed by atoms with Gasteiger partial charge in [0.2, 0.25) is 5.91 Å². The maximum Gasteiger partial charge on any atom is 0.305 e. The van der Waals surface area contributed by atoms with Gasteiger partial charge in [-0.1, -0.05) is 0 Å². The molecule has 0 heterocycles. The minimum Gasteiger partial charge on any atom is -0.469 e. The van der Waals surface area contributed by atoms with Crippen molar-refractivity contribution >= 4 is 24.3 Å². The molecule has 12 heavy (non-hydrogen) atoms. The Bertz CT molecular complexity index is 163. The van der Waals surface area contributed by atoms with Crippen LogP contribution in [0.1, 0.15) is 12.8 Å². The lowest BCUT2D eigenvalue weighted by Gasteiger charge is -2.04. The smallest absolute Gasteiger partial charge is 0.305 e. The molecule has 72 valence electrons. The Labute approximate surface area is 76.8 Å². The lowest BCUT2D eigenvalue weighted by atomic mass is 10.1. The Morgan fingerprint density at radius 1 is 1.50 bits per heavy atom. The number of hydrogen-bond acceptors (Lipinski definition) is 4. The van der Waals surface area contributed by atoms with Crippen molar-refractivity contribution in [1.82, 2.24) is 0 Å². The van der Waals surface area contributed by atoms with E-state index in [0.717, 1.165) is 0 Å². The number of rotatable bonds is 4. The van der Waals surface area contributed by atoms with Crippen LogP contribution >= 0.6 is 12.4 Å². The molecule has 4 N–H and O–H groups in total. The van der Waals surface area contributed by atoms with Crippen LogP contribution in [0, 0.1) is 0 Å². The summed E-state index contributed by atoms with van der Waals surface area (Å²) in [5.74, 6) is -0.990. The summed E-state index contributed by atoms with van der Waals surface area (Å²) < 4.78 is 4.33. The van der Waals surface area contributed by atoms with Crippen LogP contribution in [-0.4, -0.2) is 25.0 Å². The van der Waals surface area contributed by atoms with Crippen molar-refractivity contribution < 1.29 is 14.3 Å². The molecule has 0 aromatic rings. The van der Waals surface area contributed by atoms with Crippen LogP contribution in [-0.2, 0) is 14.3 Å². The highest BCUT2D eigenvalue weighted by Gasteiger charge is 2.11. The summed E-state index contributed by atoms with van der Waals surface area (Å²) in [5, 5.41) is 0. The lowest BCUT2D eigenvalue weighted by Crippen LogP contribution is -2.36. The quantitative estimate of drug-likeness (QED) is 0.574. The topological polar surface area (TPSA) is 95.4 Å². The fourth-order valence-electron chi connectivity index (χ4n) is 0.518. The molecular formula is C6H13ClN2O3. The van der Waals surface area contributed by atoms with Gasteiger partial charge in [0.15, 0.2) is 0 Å². The number of methoxy groups -OCH3 is 1. The van der Waals surface area contributed by atoms with Gasteiger partial charge >= 0.3 is 5.97 Å². The van der Waals surface area contributed by atoms with E-state index in [-0.39, 0.29) is 31.2 Å². The van der Waals surface area contributed by atoms with Gasteiger partial charge in [-0.3, -0.25) is 9.59 Å². The third kappa shape index (κ3) is 5.94. The molecule has 0 aromatic heterocycles. The van der Waals surface area contributed by atoms with Gasteiger partial charge in [-0.25, -0.2) is 0 Å². The summed E-state index contributed by atoms with van der Waals surface area (Å²) in [4.78, 5) is 20.9. The van der Waals surface area contributed by atoms with Gasteiger partial charge < -0.3 is 16.2 Å². The predicted octanol–water partition coefficient (Wildman–Crippen LogP) is -0.826. The lowest BCUT2D eigenvalue weighted by molar-refractivity contribution is -0.140. The van der Waals surface area contributed by atoms with Gasteiger partial charge in [0.05, 0.1) is 13.2 Å². The van der Waals surface area contributed by atoms with Gasteiger partial charge in [0.25, 0.3) is 0 Å². The number of hydrogen-bond donors (Lipinski definition) is 2. The molecule has 0 aromatic carbocycles. The van der Waals surface area contributed by atoms with Crippen LogP contribution in [0.4, 0.5) is 0 Å². The normalized spacial score (nSPS) is 11.2. The number of carbonyl (C=O) groups excluding carboxylic acids is 2. The molecule has 0 saturated heterocycles. The third-order valence-corrected chi connectivity index (χ3v) is 1.25. The second-order valence-corrected chi connectivity index (χ2v) is 2.12. The van der Waals surface area contributed by atoms with Crippen LogP contribution in [0.3, 0.4) is 0 Å². The van der Waals surface area contributed by atoms with Gasteiger partial charge in [-0.15, -0.1) is 12.4 Å². The minimum absolute atomic E-state index is 0. The number of halogens is 1. The van der Waals surface area contributed by atoms with E-state index < -0.39 is 11.9 Å². The van der Waals surface area contributed by atoms with E-state index in [4.69, 9.17) is 11.5 Å². The average Bonchev–Trinajstić information content (AvgIpc) is 1.99. The molecule has 0 aliphatic rings. The first-order chi connectivity index (χ1) is 5.07. The first kappa shape index (κ1) is 13.8. The standard InChI is InChI=1S/C6H12N2O3.ClH/c1-11-5(9)3-2-4(7)6(8)10;/h4H,2-3,7H2,1H3,(H2,8,10);1H. The average molecular weight is 197 g/mol. The van der Waals surface area contributed by atoms with E-state index in [0.29, 0.717) is 0 Å². The second kappa shape index (κ2) is 6.87. The zero-order chi connectivity index (χ0) is 8.85. The molecular weight excluding hydrogens is 184 g/mol. The summed E-state index contributed by atoms with van der Waals surface area (Å²) in [6, 6.07) is -0.755. The van der Waals surface area contributed by atoms with Gasteiger partial charge in [-0.05, 0) is 6.42 Å². The number of carbonyl (C=O) groups is 2. The molecule has 0 spiro atoms. The van der Waals surface area contributed by atoms with Gasteiger partial charge in [0.1, 0.15) is 0 Å². The first-order valence-electron chi connectivity index (χ1n) is 3.19. The fraction of sp³-hybridized carbons (Fsp3) is 0.667. The SMILES string of the molecule is COC(=O)CCC(N)C(N)=O.Cl. The van der Waals surface area contributed by atoms with Crippen molar-refractivity contribution in [2.24, 2.45) is 11.5 Å². The summed E-state index contributed by atoms with van der Waals surface area (Å²) >= 11 is 0. The predicted molar refractivity (Wildman–Crippen MR) is 45.7 cm³/mol. The summed E-state index contributed by atoms with van der Waals surface area (Å²) in [6.45, 7) is 0. The summed E-state index contributed by atoms with van der Waals surface area (Å²) in [5.41, 5.74) is 10.1. The number of esters is 1. The number of amides is 1. The molecule has 0 fully saturated rings. The molecule has 1 amide bonds. The van der Waals surface area contributed by atoms with Crippen molar-refractivity contribution in [2.75, 3.05) is 7.11 Å². The fourth-order valence-corrected chi connectivity index (χ4v) is 0.518. The van der Waals surface area contributed by atoms with Crippen molar-refractivity contribution in [3.63, 3.8) is 0 Å². The zero-order valence-electron chi connectivity index (χ0n) is 6.78. The molecule has 0 rings (SSSR count). The molecule has 0 aliphatic heterocycles. The molecule has 0 radical (unpaired) electrons. The monoisotopic (exact) mass is 196 g/mol. The second-order valence-electron chi connectivity index (χ2n) is 2.12. The summed E-state index contributed by atoms with van der Waals surface area (Å²) in [6.07, 6.45) is 0.364.